The van der Waals surface area contributed by atoms with Gasteiger partial charge in [-0.05, 0) is 37.2 Å². The Kier molecular flexibility index (Phi) is 6.77. The Balaban J connectivity index is 2.04. The number of nitrogens with one attached hydrogen (secondary N) is 1. The average Bonchev–Trinajstić information content (AvgIpc) is 2.54. The summed E-state index contributed by atoms with van der Waals surface area (Å²) >= 11 is 0. The van der Waals surface area contributed by atoms with E-state index in [0.29, 0.717) is 25.4 Å². The van der Waals surface area contributed by atoms with E-state index in [0.717, 1.165) is 18.4 Å². The zero-order chi connectivity index (χ0) is 17.6. The molecule has 0 spiro atoms. The van der Waals surface area contributed by atoms with Gasteiger partial charge in [0, 0.05) is 25.6 Å². The van der Waals surface area contributed by atoms with E-state index >= 15 is 0 Å². The van der Waals surface area contributed by atoms with Crippen LogP contribution in [0.4, 0.5) is 0 Å². The molecular weight excluding hydrogens is 328 g/mol. The van der Waals surface area contributed by atoms with Crippen LogP contribution >= 0.6 is 0 Å². The first-order chi connectivity index (χ1) is 11.4. The number of aliphatic carboxylic acids is 1. The number of nitrogens with zero attached hydrogens (tertiary/aromatic N) is 1. The fourth-order valence-corrected chi connectivity index (χ4v) is 4.37. The Hall–Kier alpha value is -1.44. The first kappa shape index (κ1) is 18.9. The largest absolute Gasteiger partial charge is 0.481 e. The van der Waals surface area contributed by atoms with Gasteiger partial charge >= 0.3 is 5.97 Å². The molecule has 1 aromatic carbocycles. The number of carboxylic acid groups (broad SMARTS) is 1. The molecule has 6 nitrogen and oxygen atoms in total. The molecule has 2 N–H and O–H groups in total. The summed E-state index contributed by atoms with van der Waals surface area (Å²) in [6, 6.07) is 9.10. The van der Waals surface area contributed by atoms with E-state index in [1.807, 2.05) is 30.3 Å². The number of carbonyl (C=O) groups is 1. The van der Waals surface area contributed by atoms with Crippen molar-refractivity contribution in [2.24, 2.45) is 5.92 Å². The van der Waals surface area contributed by atoms with Gasteiger partial charge in [0.15, 0.2) is 0 Å². The number of hydrogen-bond donors (Lipinski definition) is 2. The zero-order valence-corrected chi connectivity index (χ0v) is 14.8. The molecule has 1 unspecified atom stereocenters. The molecule has 1 aliphatic rings. The van der Waals surface area contributed by atoms with E-state index in [1.54, 1.807) is 0 Å². The van der Waals surface area contributed by atoms with Gasteiger partial charge in [0.05, 0.1) is 0 Å². The summed E-state index contributed by atoms with van der Waals surface area (Å²) in [4.78, 5) is 10.9. The highest BCUT2D eigenvalue weighted by atomic mass is 32.2. The third-order valence-corrected chi connectivity index (χ3v) is 6.11. The van der Waals surface area contributed by atoms with Crippen LogP contribution in [0.1, 0.15) is 38.2 Å². The molecule has 24 heavy (non-hydrogen) atoms. The Morgan fingerprint density at radius 1 is 1.29 bits per heavy atom. The maximum Gasteiger partial charge on any atom is 0.303 e. The third kappa shape index (κ3) is 5.89. The minimum absolute atomic E-state index is 0.0585. The van der Waals surface area contributed by atoms with Crippen LogP contribution in [0, 0.1) is 5.92 Å². The minimum atomic E-state index is -3.58. The fraction of sp³-hybridized carbons (Fsp3) is 0.588. The van der Waals surface area contributed by atoms with Crippen molar-refractivity contribution in [2.45, 2.75) is 45.1 Å². The fourth-order valence-electron chi connectivity index (χ4n) is 2.91. The van der Waals surface area contributed by atoms with Crippen LogP contribution in [-0.2, 0) is 21.4 Å². The summed E-state index contributed by atoms with van der Waals surface area (Å²) in [7, 11) is -3.58. The summed E-state index contributed by atoms with van der Waals surface area (Å²) in [6.07, 6.45) is 2.42. The number of piperidine rings is 1. The van der Waals surface area contributed by atoms with E-state index < -0.39 is 22.2 Å². The van der Waals surface area contributed by atoms with Crippen LogP contribution in [0.3, 0.4) is 0 Å². The molecular formula is C17H26N2O4S. The lowest BCUT2D eigenvalue weighted by molar-refractivity contribution is -0.137. The summed E-state index contributed by atoms with van der Waals surface area (Å²) < 4.78 is 29.4. The number of carboxylic acids is 1. The van der Waals surface area contributed by atoms with Crippen LogP contribution in [-0.4, -0.2) is 42.9 Å². The van der Waals surface area contributed by atoms with Crippen molar-refractivity contribution >= 4 is 16.2 Å². The van der Waals surface area contributed by atoms with Crippen molar-refractivity contribution in [2.75, 3.05) is 13.1 Å². The molecule has 0 aliphatic carbocycles. The number of hydrogen-bond acceptors (Lipinski definition) is 3. The molecule has 1 heterocycles. The van der Waals surface area contributed by atoms with Gasteiger partial charge in [0.25, 0.3) is 10.2 Å². The SMILES string of the molecule is CC1CCN(S(=O)(=O)NC(CCC(=O)O)Cc2ccccc2)CC1. The second-order valence-electron chi connectivity index (χ2n) is 6.52. The molecule has 1 saturated heterocycles. The molecule has 7 heteroatoms. The van der Waals surface area contributed by atoms with Crippen LogP contribution in [0.25, 0.3) is 0 Å². The van der Waals surface area contributed by atoms with E-state index in [9.17, 15) is 13.2 Å². The maximum absolute atomic E-state index is 12.6. The van der Waals surface area contributed by atoms with Crippen LogP contribution < -0.4 is 4.72 Å². The van der Waals surface area contributed by atoms with Crippen LogP contribution in [0.2, 0.25) is 0 Å². The molecule has 1 aliphatic heterocycles. The first-order valence-corrected chi connectivity index (χ1v) is 9.84. The molecule has 0 radical (unpaired) electrons. The van der Waals surface area contributed by atoms with Crippen molar-refractivity contribution in [3.63, 3.8) is 0 Å². The maximum atomic E-state index is 12.6. The lowest BCUT2D eigenvalue weighted by atomic mass is 10.0. The minimum Gasteiger partial charge on any atom is -0.481 e. The first-order valence-electron chi connectivity index (χ1n) is 8.40. The molecule has 0 aromatic heterocycles. The molecule has 0 amide bonds. The van der Waals surface area contributed by atoms with Crippen LogP contribution in [0.5, 0.6) is 0 Å². The molecule has 2 rings (SSSR count). The zero-order valence-electron chi connectivity index (χ0n) is 14.0. The van der Waals surface area contributed by atoms with Crippen LogP contribution in [0.15, 0.2) is 30.3 Å². The van der Waals surface area contributed by atoms with E-state index in [4.69, 9.17) is 5.11 Å². The monoisotopic (exact) mass is 354 g/mol. The number of rotatable bonds is 8. The molecule has 1 aromatic rings. The lowest BCUT2D eigenvalue weighted by Gasteiger charge is -2.31. The van der Waals surface area contributed by atoms with Gasteiger partial charge in [-0.15, -0.1) is 0 Å². The standard InChI is InChI=1S/C17H26N2O4S/c1-14-9-11-19(12-10-14)24(22,23)18-16(7-8-17(20)21)13-15-5-3-2-4-6-15/h2-6,14,16,18H,7-13H2,1H3,(H,20,21). The highest BCUT2D eigenvalue weighted by molar-refractivity contribution is 7.87. The smallest absolute Gasteiger partial charge is 0.303 e. The van der Waals surface area contributed by atoms with E-state index in [2.05, 4.69) is 11.6 Å². The second kappa shape index (κ2) is 8.60. The van der Waals surface area contributed by atoms with Crippen molar-refractivity contribution in [1.82, 2.24) is 9.03 Å². The van der Waals surface area contributed by atoms with Gasteiger partial charge in [-0.1, -0.05) is 37.3 Å². The molecule has 134 valence electrons. The van der Waals surface area contributed by atoms with Crippen molar-refractivity contribution in [1.29, 1.82) is 0 Å². The molecule has 0 bridgehead atoms. The van der Waals surface area contributed by atoms with Gasteiger partial charge in [-0.25, -0.2) is 0 Å². The normalized spacial score (nSPS) is 18.4. The Morgan fingerprint density at radius 3 is 2.50 bits per heavy atom. The Bertz CT molecular complexity index is 625. The van der Waals surface area contributed by atoms with Gasteiger partial charge in [-0.2, -0.15) is 17.4 Å². The third-order valence-electron chi connectivity index (χ3n) is 4.43. The lowest BCUT2D eigenvalue weighted by Crippen LogP contribution is -2.48. The predicted molar refractivity (Wildman–Crippen MR) is 92.8 cm³/mol. The van der Waals surface area contributed by atoms with Crippen molar-refractivity contribution < 1.29 is 18.3 Å². The topological polar surface area (TPSA) is 86.7 Å². The molecule has 1 fully saturated rings. The summed E-state index contributed by atoms with van der Waals surface area (Å²) in [5.41, 5.74) is 0.989. The second-order valence-corrected chi connectivity index (χ2v) is 8.23. The molecule has 1 atom stereocenters. The average molecular weight is 354 g/mol. The van der Waals surface area contributed by atoms with Gasteiger partial charge in [0.1, 0.15) is 0 Å². The highest BCUT2D eigenvalue weighted by Crippen LogP contribution is 2.19. The number of benzene rings is 1. The highest BCUT2D eigenvalue weighted by Gasteiger charge is 2.28. The Morgan fingerprint density at radius 2 is 1.92 bits per heavy atom. The quantitative estimate of drug-likeness (QED) is 0.748. The van der Waals surface area contributed by atoms with Gasteiger partial charge in [-0.3, -0.25) is 4.79 Å². The Labute approximate surface area is 144 Å². The van der Waals surface area contributed by atoms with E-state index in [-0.39, 0.29) is 12.8 Å². The van der Waals surface area contributed by atoms with Gasteiger partial charge < -0.3 is 5.11 Å². The molecule has 0 saturated carbocycles. The summed E-state index contributed by atoms with van der Waals surface area (Å²) in [5, 5.41) is 8.92. The summed E-state index contributed by atoms with van der Waals surface area (Å²) in [5.74, 6) is -0.373. The summed E-state index contributed by atoms with van der Waals surface area (Å²) in [6.45, 7) is 3.17. The van der Waals surface area contributed by atoms with Crippen molar-refractivity contribution in [3.05, 3.63) is 35.9 Å². The van der Waals surface area contributed by atoms with Crippen molar-refractivity contribution in [3.8, 4) is 0 Å². The predicted octanol–water partition coefficient (Wildman–Crippen LogP) is 2.03. The van der Waals surface area contributed by atoms with Gasteiger partial charge in [0.2, 0.25) is 0 Å². The van der Waals surface area contributed by atoms with E-state index in [1.165, 1.54) is 4.31 Å².